The Hall–Kier alpha value is -2.17. The average Bonchev–Trinajstić information content (AvgIpc) is 2.81. The van der Waals surface area contributed by atoms with Crippen molar-refractivity contribution in [3.05, 3.63) is 37.0 Å². The Balaban J connectivity index is 2.57. The van der Waals surface area contributed by atoms with E-state index < -0.39 is 0 Å². The van der Waals surface area contributed by atoms with E-state index >= 15 is 0 Å². The molecular formula is C20H30N2O3. The Morgan fingerprint density at radius 2 is 1.88 bits per heavy atom. The highest BCUT2D eigenvalue weighted by Crippen LogP contribution is 2.29. The molecule has 0 spiro atoms. The normalized spacial score (nSPS) is 15.4. The molecule has 5 heteroatoms. The molecule has 3 amide bonds. The molecule has 0 radical (unpaired) electrons. The van der Waals surface area contributed by atoms with Crippen LogP contribution in [-0.4, -0.2) is 47.2 Å². The van der Waals surface area contributed by atoms with Crippen LogP contribution in [0.3, 0.4) is 0 Å². The molecule has 1 aliphatic rings. The van der Waals surface area contributed by atoms with Crippen LogP contribution in [-0.2, 0) is 14.4 Å². The smallest absolute Gasteiger partial charge is 0.253 e. The minimum absolute atomic E-state index is 0.0924. The molecule has 25 heavy (non-hydrogen) atoms. The second-order valence-electron chi connectivity index (χ2n) is 7.78. The van der Waals surface area contributed by atoms with Crippen LogP contribution in [0.2, 0.25) is 0 Å². The summed E-state index contributed by atoms with van der Waals surface area (Å²) in [7, 11) is 0. The van der Waals surface area contributed by atoms with E-state index in [2.05, 4.69) is 33.9 Å². The molecule has 0 N–H and O–H groups in total. The van der Waals surface area contributed by atoms with Crippen LogP contribution in [0.5, 0.6) is 0 Å². The van der Waals surface area contributed by atoms with Gasteiger partial charge in [0.1, 0.15) is 0 Å². The molecule has 1 aliphatic heterocycles. The zero-order valence-corrected chi connectivity index (χ0v) is 15.9. The van der Waals surface area contributed by atoms with Crippen LogP contribution in [0.25, 0.3) is 0 Å². The Morgan fingerprint density at radius 3 is 2.36 bits per heavy atom. The van der Waals surface area contributed by atoms with Crippen LogP contribution in [0.4, 0.5) is 0 Å². The Labute approximate surface area is 151 Å². The van der Waals surface area contributed by atoms with Gasteiger partial charge in [0.05, 0.1) is 0 Å². The summed E-state index contributed by atoms with van der Waals surface area (Å²) in [6, 6.07) is 0. The maximum atomic E-state index is 12.1. The number of amides is 3. The van der Waals surface area contributed by atoms with Gasteiger partial charge in [0, 0.05) is 31.8 Å². The standard InChI is InChI=1S/C20H30N2O3/c1-7-17(23)21(13-15(2)3)14-20(5,6)12-16(4)10-11-22-18(24)8-9-19(22)25/h7-9,16H,1-2,10-14H2,3-6H3. The predicted octanol–water partition coefficient (Wildman–Crippen LogP) is 2.94. The van der Waals surface area contributed by atoms with Gasteiger partial charge in [-0.25, -0.2) is 0 Å². The summed E-state index contributed by atoms with van der Waals surface area (Å²) in [5.41, 5.74) is 0.836. The first kappa shape index (κ1) is 20.9. The molecule has 1 unspecified atom stereocenters. The number of hydrogen-bond acceptors (Lipinski definition) is 3. The van der Waals surface area contributed by atoms with Gasteiger partial charge in [-0.2, -0.15) is 0 Å². The largest absolute Gasteiger partial charge is 0.335 e. The van der Waals surface area contributed by atoms with Crippen molar-refractivity contribution in [3.63, 3.8) is 0 Å². The van der Waals surface area contributed by atoms with E-state index in [1.54, 1.807) is 4.90 Å². The van der Waals surface area contributed by atoms with Gasteiger partial charge < -0.3 is 4.90 Å². The Morgan fingerprint density at radius 1 is 1.32 bits per heavy atom. The third-order valence-electron chi connectivity index (χ3n) is 4.21. The fourth-order valence-electron chi connectivity index (χ4n) is 3.29. The average molecular weight is 346 g/mol. The van der Waals surface area contributed by atoms with E-state index in [1.165, 1.54) is 23.1 Å². The molecule has 138 valence electrons. The SMILES string of the molecule is C=CC(=O)N(CC(=C)C)CC(C)(C)CC(C)CCN1C(=O)C=CC1=O. The summed E-state index contributed by atoms with van der Waals surface area (Å²) in [6.07, 6.45) is 5.59. The van der Waals surface area contributed by atoms with Crippen molar-refractivity contribution in [2.45, 2.75) is 40.5 Å². The molecule has 0 saturated heterocycles. The molecule has 0 bridgehead atoms. The molecule has 0 aromatic heterocycles. The minimum Gasteiger partial charge on any atom is -0.335 e. The number of nitrogens with zero attached hydrogens (tertiary/aromatic N) is 2. The second-order valence-corrected chi connectivity index (χ2v) is 7.78. The van der Waals surface area contributed by atoms with E-state index in [4.69, 9.17) is 0 Å². The monoisotopic (exact) mass is 346 g/mol. The number of rotatable bonds is 10. The van der Waals surface area contributed by atoms with Gasteiger partial charge in [0.25, 0.3) is 11.8 Å². The first-order chi connectivity index (χ1) is 11.6. The zero-order valence-electron chi connectivity index (χ0n) is 15.9. The van der Waals surface area contributed by atoms with Gasteiger partial charge in [0.15, 0.2) is 0 Å². The molecule has 1 atom stereocenters. The van der Waals surface area contributed by atoms with Gasteiger partial charge in [-0.05, 0) is 37.2 Å². The van der Waals surface area contributed by atoms with Crippen molar-refractivity contribution >= 4 is 17.7 Å². The van der Waals surface area contributed by atoms with Crippen molar-refractivity contribution in [1.29, 1.82) is 0 Å². The lowest BCUT2D eigenvalue weighted by molar-refractivity contribution is -0.137. The molecule has 0 saturated carbocycles. The molecule has 1 heterocycles. The van der Waals surface area contributed by atoms with Gasteiger partial charge in [0.2, 0.25) is 5.91 Å². The van der Waals surface area contributed by atoms with E-state index in [0.29, 0.717) is 25.6 Å². The van der Waals surface area contributed by atoms with E-state index in [9.17, 15) is 14.4 Å². The maximum absolute atomic E-state index is 12.1. The fraction of sp³-hybridized carbons (Fsp3) is 0.550. The predicted molar refractivity (Wildman–Crippen MR) is 99.6 cm³/mol. The van der Waals surface area contributed by atoms with Gasteiger partial charge >= 0.3 is 0 Å². The summed E-state index contributed by atoms with van der Waals surface area (Å²) in [6.45, 7) is 17.3. The first-order valence-corrected chi connectivity index (χ1v) is 8.65. The van der Waals surface area contributed by atoms with Crippen molar-refractivity contribution in [2.24, 2.45) is 11.3 Å². The lowest BCUT2D eigenvalue weighted by Gasteiger charge is -2.34. The van der Waals surface area contributed by atoms with Crippen LogP contribution in [0, 0.1) is 11.3 Å². The number of hydrogen-bond donors (Lipinski definition) is 0. The highest BCUT2D eigenvalue weighted by molar-refractivity contribution is 6.12. The van der Waals surface area contributed by atoms with Crippen molar-refractivity contribution in [2.75, 3.05) is 19.6 Å². The third kappa shape index (κ3) is 6.69. The molecular weight excluding hydrogens is 316 g/mol. The summed E-state index contributed by atoms with van der Waals surface area (Å²) >= 11 is 0. The lowest BCUT2D eigenvalue weighted by atomic mass is 9.81. The van der Waals surface area contributed by atoms with Crippen LogP contribution >= 0.6 is 0 Å². The van der Waals surface area contributed by atoms with E-state index in [1.807, 2.05) is 6.92 Å². The highest BCUT2D eigenvalue weighted by atomic mass is 16.2. The summed E-state index contributed by atoms with van der Waals surface area (Å²) in [4.78, 5) is 38.3. The molecule has 5 nitrogen and oxygen atoms in total. The van der Waals surface area contributed by atoms with Crippen LogP contribution in [0.1, 0.15) is 40.5 Å². The maximum Gasteiger partial charge on any atom is 0.253 e. The Kier molecular flexibility index (Phi) is 7.34. The topological polar surface area (TPSA) is 57.7 Å². The summed E-state index contributed by atoms with van der Waals surface area (Å²) in [5, 5.41) is 0. The number of imide groups is 1. The van der Waals surface area contributed by atoms with Crippen molar-refractivity contribution in [1.82, 2.24) is 9.80 Å². The van der Waals surface area contributed by atoms with Gasteiger partial charge in [-0.1, -0.05) is 39.5 Å². The third-order valence-corrected chi connectivity index (χ3v) is 4.21. The Bertz CT molecular complexity index is 572. The van der Waals surface area contributed by atoms with E-state index in [0.717, 1.165) is 18.4 Å². The fourth-order valence-corrected chi connectivity index (χ4v) is 3.29. The molecule has 0 aromatic rings. The molecule has 0 aromatic carbocycles. The highest BCUT2D eigenvalue weighted by Gasteiger charge is 2.28. The number of carbonyl (C=O) groups is 3. The van der Waals surface area contributed by atoms with Crippen LogP contribution in [0.15, 0.2) is 37.0 Å². The molecule has 0 aliphatic carbocycles. The molecule has 1 rings (SSSR count). The number of carbonyl (C=O) groups excluding carboxylic acids is 3. The van der Waals surface area contributed by atoms with Crippen molar-refractivity contribution in [3.8, 4) is 0 Å². The quantitative estimate of drug-likeness (QED) is 0.347. The van der Waals surface area contributed by atoms with Crippen LogP contribution < -0.4 is 0 Å². The lowest BCUT2D eigenvalue weighted by Crippen LogP contribution is -2.40. The molecule has 0 fully saturated rings. The van der Waals surface area contributed by atoms with Gasteiger partial charge in [-0.15, -0.1) is 0 Å². The first-order valence-electron chi connectivity index (χ1n) is 8.65. The zero-order chi connectivity index (χ0) is 19.2. The van der Waals surface area contributed by atoms with E-state index in [-0.39, 0.29) is 23.1 Å². The van der Waals surface area contributed by atoms with Crippen molar-refractivity contribution < 1.29 is 14.4 Å². The second kappa shape index (κ2) is 8.79. The van der Waals surface area contributed by atoms with Gasteiger partial charge in [-0.3, -0.25) is 19.3 Å². The summed E-state index contributed by atoms with van der Waals surface area (Å²) < 4.78 is 0. The minimum atomic E-state index is -0.235. The summed E-state index contributed by atoms with van der Waals surface area (Å²) in [5.74, 6) is -0.244.